The van der Waals surface area contributed by atoms with Crippen LogP contribution in [0, 0.1) is 6.92 Å². The maximum absolute atomic E-state index is 12.4. The molecule has 0 radical (unpaired) electrons. The van der Waals surface area contributed by atoms with Crippen molar-refractivity contribution in [3.05, 3.63) is 66.1 Å². The van der Waals surface area contributed by atoms with Gasteiger partial charge in [-0.05, 0) is 73.9 Å². The van der Waals surface area contributed by atoms with Gasteiger partial charge in [0.1, 0.15) is 0 Å². The first-order valence-electron chi connectivity index (χ1n) is 13.8. The molecule has 1 amide bonds. The SMILES string of the molecule is C=C(/C(=C\NCCC)c1ccc2nc(NC(=O)CCCCSCCC)sc2c1)c1cccc(C)n1.CCC. The van der Waals surface area contributed by atoms with Crippen LogP contribution in [0.15, 0.2) is 49.2 Å². The van der Waals surface area contributed by atoms with E-state index in [-0.39, 0.29) is 5.91 Å². The number of benzene rings is 1. The van der Waals surface area contributed by atoms with Gasteiger partial charge in [-0.1, -0.05) is 64.2 Å². The molecule has 7 heteroatoms. The topological polar surface area (TPSA) is 66.9 Å². The molecule has 38 heavy (non-hydrogen) atoms. The largest absolute Gasteiger partial charge is 0.390 e. The Morgan fingerprint density at radius 3 is 2.55 bits per heavy atom. The lowest BCUT2D eigenvalue weighted by atomic mass is 9.97. The van der Waals surface area contributed by atoms with E-state index in [1.165, 1.54) is 29.9 Å². The molecule has 2 heterocycles. The summed E-state index contributed by atoms with van der Waals surface area (Å²) in [5.74, 6) is 2.35. The summed E-state index contributed by atoms with van der Waals surface area (Å²) in [6, 6.07) is 12.2. The van der Waals surface area contributed by atoms with Gasteiger partial charge < -0.3 is 10.6 Å². The number of thiazole rings is 1. The van der Waals surface area contributed by atoms with E-state index in [9.17, 15) is 4.79 Å². The Balaban J connectivity index is 0.00000161. The second kappa shape index (κ2) is 17.8. The molecule has 1 aromatic carbocycles. The minimum Gasteiger partial charge on any atom is -0.390 e. The normalized spacial score (nSPS) is 11.1. The second-order valence-corrected chi connectivity index (χ2v) is 11.4. The zero-order valence-corrected chi connectivity index (χ0v) is 25.4. The summed E-state index contributed by atoms with van der Waals surface area (Å²) in [6.45, 7) is 15.8. The molecule has 0 aliphatic carbocycles. The Hall–Kier alpha value is -2.64. The number of anilines is 1. The number of nitrogens with zero attached hydrogens (tertiary/aromatic N) is 2. The molecular formula is C31H44N4OS2. The average molecular weight is 553 g/mol. The minimum absolute atomic E-state index is 0.0352. The number of fused-ring (bicyclic) bond motifs is 1. The van der Waals surface area contributed by atoms with E-state index >= 15 is 0 Å². The molecule has 3 aromatic rings. The number of aromatic nitrogens is 2. The summed E-state index contributed by atoms with van der Waals surface area (Å²) in [4.78, 5) is 21.7. The standard InChI is InChI=1S/C28H36N4OS2.C3H8/c1-5-15-29-19-23(21(4)24-11-9-10-20(3)30-24)22-13-14-25-26(18-22)35-28(31-25)32-27(33)12-7-8-17-34-16-6-2;1-3-2/h9-11,13-14,18-19,29H,4-8,12,15-17H2,1-3H3,(H,31,32,33);3H2,1-2H3/b23-19+;. The van der Waals surface area contributed by atoms with Crippen LogP contribution in [-0.4, -0.2) is 33.9 Å². The number of unbranched alkanes of at least 4 members (excludes halogenated alkanes) is 1. The molecule has 0 saturated heterocycles. The maximum atomic E-state index is 12.4. The van der Waals surface area contributed by atoms with Crippen molar-refractivity contribution in [1.29, 1.82) is 0 Å². The zero-order valence-electron chi connectivity index (χ0n) is 23.7. The van der Waals surface area contributed by atoms with E-state index in [1.807, 2.05) is 49.2 Å². The molecule has 0 aliphatic heterocycles. The third-order valence-corrected chi connectivity index (χ3v) is 7.61. The van der Waals surface area contributed by atoms with Crippen molar-refractivity contribution < 1.29 is 4.79 Å². The molecule has 2 aromatic heterocycles. The Labute approximate surface area is 237 Å². The predicted molar refractivity (Wildman–Crippen MR) is 170 cm³/mol. The Morgan fingerprint density at radius 1 is 1.05 bits per heavy atom. The van der Waals surface area contributed by atoms with E-state index in [4.69, 9.17) is 0 Å². The molecule has 0 spiro atoms. The molecule has 0 saturated carbocycles. The fourth-order valence-corrected chi connectivity index (χ4v) is 5.40. The lowest BCUT2D eigenvalue weighted by Gasteiger charge is -2.13. The van der Waals surface area contributed by atoms with Gasteiger partial charge in [0.25, 0.3) is 0 Å². The first-order chi connectivity index (χ1) is 18.4. The number of carbonyl (C=O) groups is 1. The van der Waals surface area contributed by atoms with Crippen molar-refractivity contribution in [2.75, 3.05) is 23.4 Å². The van der Waals surface area contributed by atoms with Crippen LogP contribution < -0.4 is 10.6 Å². The number of rotatable bonds is 14. The van der Waals surface area contributed by atoms with E-state index in [2.05, 4.69) is 67.0 Å². The third-order valence-electron chi connectivity index (χ3n) is 5.40. The highest BCUT2D eigenvalue weighted by Gasteiger charge is 2.13. The highest BCUT2D eigenvalue weighted by molar-refractivity contribution is 7.99. The van der Waals surface area contributed by atoms with Crippen molar-refractivity contribution >= 4 is 55.5 Å². The molecule has 0 fully saturated rings. The number of amides is 1. The lowest BCUT2D eigenvalue weighted by Crippen LogP contribution is -2.10. The van der Waals surface area contributed by atoms with Crippen LogP contribution >= 0.6 is 23.1 Å². The number of hydrogen-bond donors (Lipinski definition) is 2. The number of carbonyl (C=O) groups excluding carboxylic acids is 1. The fourth-order valence-electron chi connectivity index (χ4n) is 3.58. The van der Waals surface area contributed by atoms with Crippen molar-refractivity contribution in [2.24, 2.45) is 0 Å². The Bertz CT molecular complexity index is 1190. The van der Waals surface area contributed by atoms with Crippen LogP contribution in [0.4, 0.5) is 5.13 Å². The van der Waals surface area contributed by atoms with Gasteiger partial charge in [-0.15, -0.1) is 0 Å². The van der Waals surface area contributed by atoms with Gasteiger partial charge in [0.15, 0.2) is 5.13 Å². The van der Waals surface area contributed by atoms with Gasteiger partial charge in [-0.25, -0.2) is 4.98 Å². The van der Waals surface area contributed by atoms with E-state index in [0.717, 1.165) is 69.9 Å². The highest BCUT2D eigenvalue weighted by Crippen LogP contribution is 2.33. The predicted octanol–water partition coefficient (Wildman–Crippen LogP) is 8.72. The van der Waals surface area contributed by atoms with Gasteiger partial charge >= 0.3 is 0 Å². The third kappa shape index (κ3) is 10.6. The quantitative estimate of drug-likeness (QED) is 0.155. The number of nitrogens with one attached hydrogen (secondary N) is 2. The minimum atomic E-state index is 0.0352. The van der Waals surface area contributed by atoms with Crippen LogP contribution in [0.3, 0.4) is 0 Å². The van der Waals surface area contributed by atoms with E-state index < -0.39 is 0 Å². The Morgan fingerprint density at radius 2 is 1.84 bits per heavy atom. The number of aryl methyl sites for hydroxylation is 1. The molecule has 3 rings (SSSR count). The van der Waals surface area contributed by atoms with Crippen molar-refractivity contribution in [2.45, 2.75) is 73.1 Å². The maximum Gasteiger partial charge on any atom is 0.226 e. The summed E-state index contributed by atoms with van der Waals surface area (Å²) in [7, 11) is 0. The summed E-state index contributed by atoms with van der Waals surface area (Å²) in [6.07, 6.45) is 8.03. The number of hydrogen-bond acceptors (Lipinski definition) is 6. The summed E-state index contributed by atoms with van der Waals surface area (Å²) in [5, 5.41) is 7.03. The number of pyridine rings is 1. The Kier molecular flexibility index (Phi) is 14.8. The van der Waals surface area contributed by atoms with Crippen molar-refractivity contribution in [1.82, 2.24) is 15.3 Å². The van der Waals surface area contributed by atoms with Crippen molar-refractivity contribution in [3.8, 4) is 0 Å². The van der Waals surface area contributed by atoms with E-state index in [0.29, 0.717) is 11.6 Å². The number of allylic oxidation sites excluding steroid dienone is 2. The molecule has 0 atom stereocenters. The second-order valence-electron chi connectivity index (χ2n) is 9.18. The summed E-state index contributed by atoms with van der Waals surface area (Å²) >= 11 is 3.47. The number of thioether (sulfide) groups is 1. The molecule has 0 aliphatic rings. The van der Waals surface area contributed by atoms with Gasteiger partial charge in [0.2, 0.25) is 5.91 Å². The average Bonchev–Trinajstić information content (AvgIpc) is 3.30. The van der Waals surface area contributed by atoms with Crippen LogP contribution in [0.1, 0.15) is 83.2 Å². The molecule has 5 nitrogen and oxygen atoms in total. The van der Waals surface area contributed by atoms with Crippen LogP contribution in [-0.2, 0) is 4.79 Å². The summed E-state index contributed by atoms with van der Waals surface area (Å²) < 4.78 is 1.03. The van der Waals surface area contributed by atoms with Gasteiger partial charge in [0.05, 0.1) is 15.9 Å². The monoisotopic (exact) mass is 552 g/mol. The van der Waals surface area contributed by atoms with Crippen molar-refractivity contribution in [3.63, 3.8) is 0 Å². The van der Waals surface area contributed by atoms with Crippen LogP contribution in [0.2, 0.25) is 0 Å². The summed E-state index contributed by atoms with van der Waals surface area (Å²) in [5.41, 5.74) is 5.61. The van der Waals surface area contributed by atoms with Gasteiger partial charge in [-0.3, -0.25) is 9.78 Å². The molecular weight excluding hydrogens is 509 g/mol. The molecule has 0 unspecified atom stereocenters. The first-order valence-corrected chi connectivity index (χ1v) is 15.8. The zero-order chi connectivity index (χ0) is 27.8. The molecule has 206 valence electrons. The highest BCUT2D eigenvalue weighted by atomic mass is 32.2. The first kappa shape index (κ1) is 31.6. The smallest absolute Gasteiger partial charge is 0.226 e. The van der Waals surface area contributed by atoms with Gasteiger partial charge in [-0.2, -0.15) is 11.8 Å². The lowest BCUT2D eigenvalue weighted by molar-refractivity contribution is -0.116. The van der Waals surface area contributed by atoms with Crippen LogP contribution in [0.25, 0.3) is 21.4 Å². The molecule has 2 N–H and O–H groups in total. The fraction of sp³-hybridized carbons (Fsp3) is 0.452. The van der Waals surface area contributed by atoms with Gasteiger partial charge in [0, 0.05) is 36.0 Å². The molecule has 0 bridgehead atoms. The van der Waals surface area contributed by atoms with Crippen LogP contribution in [0.5, 0.6) is 0 Å². The van der Waals surface area contributed by atoms with E-state index in [1.54, 1.807) is 0 Å².